The molecule has 272 valence electrons. The van der Waals surface area contributed by atoms with E-state index in [-0.39, 0.29) is 32.5 Å². The van der Waals surface area contributed by atoms with Crippen molar-refractivity contribution in [2.45, 2.75) is 154 Å². The van der Waals surface area contributed by atoms with Gasteiger partial charge in [0.1, 0.15) is 19.8 Å². The van der Waals surface area contributed by atoms with Gasteiger partial charge in [-0.05, 0) is 19.3 Å². The number of carbonyl (C=O) groups is 3. The van der Waals surface area contributed by atoms with E-state index in [4.69, 9.17) is 23.6 Å². The molecule has 0 aromatic carbocycles. The number of quaternary nitrogens is 1. The third-order valence-electron chi connectivity index (χ3n) is 7.66. The Morgan fingerprint density at radius 3 is 1.54 bits per heavy atom. The van der Waals surface area contributed by atoms with Crippen LogP contribution in [0.25, 0.3) is 0 Å². The molecule has 0 aliphatic heterocycles. The number of phosphoric ester groups is 1. The zero-order chi connectivity index (χ0) is 34.5. The van der Waals surface area contributed by atoms with Gasteiger partial charge in [0.05, 0.1) is 27.7 Å². The van der Waals surface area contributed by atoms with Crippen molar-refractivity contribution in [2.24, 2.45) is 0 Å². The second kappa shape index (κ2) is 28.5. The van der Waals surface area contributed by atoms with E-state index in [1.54, 1.807) is 0 Å². The summed E-state index contributed by atoms with van der Waals surface area (Å²) < 4.78 is 33.4. The number of carboxylic acids is 1. The number of unbranched alkanes of at least 4 members (excludes halogenated alkanes) is 17. The molecule has 0 rings (SSSR count). The number of phosphoric acid groups is 1. The molecule has 0 aromatic heterocycles. The van der Waals surface area contributed by atoms with Crippen LogP contribution in [0.1, 0.15) is 148 Å². The topological polar surface area (TPSA) is 148 Å². The summed E-state index contributed by atoms with van der Waals surface area (Å²) in [4.78, 5) is 47.6. The van der Waals surface area contributed by atoms with Crippen LogP contribution in [-0.4, -0.2) is 81.1 Å². The zero-order valence-electron chi connectivity index (χ0n) is 29.5. The second-order valence-electron chi connectivity index (χ2n) is 13.4. The average Bonchev–Trinajstić information content (AvgIpc) is 2.97. The number of carboxylic acid groups (broad SMARTS) is 1. The third kappa shape index (κ3) is 32.4. The van der Waals surface area contributed by atoms with E-state index in [9.17, 15) is 23.8 Å². The van der Waals surface area contributed by atoms with Gasteiger partial charge in [0.25, 0.3) is 7.82 Å². The van der Waals surface area contributed by atoms with Gasteiger partial charge in [0.15, 0.2) is 6.10 Å². The number of likely N-dealkylation sites (N-methyl/N-ethyl adjacent to an activating group) is 1. The van der Waals surface area contributed by atoms with Crippen molar-refractivity contribution in [1.29, 1.82) is 0 Å². The molecule has 0 spiro atoms. The van der Waals surface area contributed by atoms with Gasteiger partial charge in [0, 0.05) is 19.3 Å². The molecule has 0 aliphatic carbocycles. The predicted molar refractivity (Wildman–Crippen MR) is 178 cm³/mol. The standard InChI is InChI=1S/C34H66NO10P/c1-5-6-7-8-9-10-11-12-13-14-15-16-19-22-25-33(38)42-29-31(30-44-46(40,41)43-28-27-35(2,3)4)45-34(39)26-23-20-17-18-21-24-32(36)37/h31H,5-30H2,1-4H3,(H-,36,37,40,41)/t31-/m1/s1. The zero-order valence-corrected chi connectivity index (χ0v) is 30.4. The van der Waals surface area contributed by atoms with E-state index < -0.39 is 38.4 Å². The van der Waals surface area contributed by atoms with Crippen molar-refractivity contribution in [3.05, 3.63) is 0 Å². The lowest BCUT2D eigenvalue weighted by Gasteiger charge is -2.28. The van der Waals surface area contributed by atoms with E-state index in [0.717, 1.165) is 38.5 Å². The van der Waals surface area contributed by atoms with Crippen LogP contribution in [0.15, 0.2) is 0 Å². The number of ether oxygens (including phenoxy) is 2. The molecule has 12 heteroatoms. The Morgan fingerprint density at radius 2 is 1.09 bits per heavy atom. The normalized spacial score (nSPS) is 13.7. The first-order valence-corrected chi connectivity index (χ1v) is 19.3. The lowest BCUT2D eigenvalue weighted by molar-refractivity contribution is -0.870. The number of hydrogen-bond donors (Lipinski definition) is 1. The number of nitrogens with zero attached hydrogens (tertiary/aromatic N) is 1. The Labute approximate surface area is 279 Å². The van der Waals surface area contributed by atoms with Gasteiger partial charge < -0.3 is 33.0 Å². The van der Waals surface area contributed by atoms with Crippen molar-refractivity contribution in [3.8, 4) is 0 Å². The molecule has 2 atom stereocenters. The van der Waals surface area contributed by atoms with Crippen molar-refractivity contribution >= 4 is 25.7 Å². The van der Waals surface area contributed by atoms with E-state index in [1.807, 2.05) is 21.1 Å². The van der Waals surface area contributed by atoms with Gasteiger partial charge in [-0.25, -0.2) is 0 Å². The number of hydrogen-bond acceptors (Lipinski definition) is 9. The van der Waals surface area contributed by atoms with Crippen LogP contribution in [-0.2, 0) is 37.5 Å². The second-order valence-corrected chi connectivity index (χ2v) is 14.8. The quantitative estimate of drug-likeness (QED) is 0.0323. The Bertz CT molecular complexity index is 833. The van der Waals surface area contributed by atoms with Gasteiger partial charge >= 0.3 is 17.9 Å². The lowest BCUT2D eigenvalue weighted by atomic mass is 10.0. The minimum Gasteiger partial charge on any atom is -0.756 e. The molecule has 1 unspecified atom stereocenters. The number of rotatable bonds is 33. The van der Waals surface area contributed by atoms with Crippen LogP contribution in [0.3, 0.4) is 0 Å². The third-order valence-corrected chi connectivity index (χ3v) is 8.63. The predicted octanol–water partition coefficient (Wildman–Crippen LogP) is 7.34. The highest BCUT2D eigenvalue weighted by Gasteiger charge is 2.21. The first-order chi connectivity index (χ1) is 21.8. The van der Waals surface area contributed by atoms with Crippen molar-refractivity contribution in [2.75, 3.05) is 47.5 Å². The monoisotopic (exact) mass is 679 g/mol. The summed E-state index contributed by atoms with van der Waals surface area (Å²) in [7, 11) is 1.06. The van der Waals surface area contributed by atoms with E-state index in [1.165, 1.54) is 64.2 Å². The fourth-order valence-electron chi connectivity index (χ4n) is 4.80. The smallest absolute Gasteiger partial charge is 0.306 e. The summed E-state index contributed by atoms with van der Waals surface area (Å²) in [5.74, 6) is -1.79. The fraction of sp³-hybridized carbons (Fsp3) is 0.912. The largest absolute Gasteiger partial charge is 0.756 e. The number of aliphatic carboxylic acids is 1. The van der Waals surface area contributed by atoms with E-state index in [2.05, 4.69) is 6.92 Å². The molecule has 1 N–H and O–H groups in total. The molecule has 0 radical (unpaired) electrons. The number of carbonyl (C=O) groups excluding carboxylic acids is 2. The molecule has 0 fully saturated rings. The maximum atomic E-state index is 12.4. The fourth-order valence-corrected chi connectivity index (χ4v) is 5.53. The highest BCUT2D eigenvalue weighted by Crippen LogP contribution is 2.38. The number of esters is 2. The molecule has 0 aliphatic rings. The molecule has 11 nitrogen and oxygen atoms in total. The summed E-state index contributed by atoms with van der Waals surface area (Å²) in [6.45, 7) is 1.80. The van der Waals surface area contributed by atoms with Gasteiger partial charge in [-0.15, -0.1) is 0 Å². The van der Waals surface area contributed by atoms with Crippen LogP contribution < -0.4 is 4.89 Å². The van der Waals surface area contributed by atoms with Crippen LogP contribution >= 0.6 is 7.82 Å². The Balaban J connectivity index is 4.38. The molecule has 0 amide bonds. The van der Waals surface area contributed by atoms with Crippen LogP contribution in [0.4, 0.5) is 0 Å². The van der Waals surface area contributed by atoms with Crippen molar-refractivity contribution < 1.29 is 52.0 Å². The SMILES string of the molecule is CCCCCCCCCCCCCCCCC(=O)OC[C@H](COP(=O)([O-])OCC[N+](C)(C)C)OC(=O)CCCCCCCC(=O)O. The highest BCUT2D eigenvalue weighted by molar-refractivity contribution is 7.45. The van der Waals surface area contributed by atoms with Gasteiger partial charge in [-0.2, -0.15) is 0 Å². The Kier molecular flexibility index (Phi) is 27.5. The van der Waals surface area contributed by atoms with Gasteiger partial charge in [-0.1, -0.05) is 110 Å². The molecule has 0 bridgehead atoms. The average molecular weight is 680 g/mol. The van der Waals surface area contributed by atoms with Crippen molar-refractivity contribution in [3.63, 3.8) is 0 Å². The Hall–Kier alpha value is -1.52. The summed E-state index contributed by atoms with van der Waals surface area (Å²) in [5.41, 5.74) is 0. The van der Waals surface area contributed by atoms with Gasteiger partial charge in [0.2, 0.25) is 0 Å². The summed E-state index contributed by atoms with van der Waals surface area (Å²) in [6, 6.07) is 0. The van der Waals surface area contributed by atoms with Crippen LogP contribution in [0.5, 0.6) is 0 Å². The van der Waals surface area contributed by atoms with E-state index in [0.29, 0.717) is 30.3 Å². The minimum absolute atomic E-state index is 0.0601. The first kappa shape index (κ1) is 44.5. The van der Waals surface area contributed by atoms with Crippen molar-refractivity contribution in [1.82, 2.24) is 0 Å². The lowest BCUT2D eigenvalue weighted by Crippen LogP contribution is -2.37. The van der Waals surface area contributed by atoms with Crippen LogP contribution in [0, 0.1) is 0 Å². The molecule has 0 aromatic rings. The minimum atomic E-state index is -4.65. The maximum Gasteiger partial charge on any atom is 0.306 e. The maximum absolute atomic E-state index is 12.4. The summed E-state index contributed by atoms with van der Waals surface area (Å²) >= 11 is 0. The summed E-state index contributed by atoms with van der Waals surface area (Å²) in [6.07, 6.45) is 19.9. The molecule has 0 heterocycles. The molecule has 46 heavy (non-hydrogen) atoms. The molecule has 0 saturated carbocycles. The van der Waals surface area contributed by atoms with E-state index >= 15 is 0 Å². The summed E-state index contributed by atoms with van der Waals surface area (Å²) in [5, 5.41) is 8.70. The Morgan fingerprint density at radius 1 is 0.652 bits per heavy atom. The molecular formula is C34H66NO10P. The van der Waals surface area contributed by atoms with Gasteiger partial charge in [-0.3, -0.25) is 18.9 Å². The highest BCUT2D eigenvalue weighted by atomic mass is 31.2. The molecule has 0 saturated heterocycles. The molecular weight excluding hydrogens is 613 g/mol. The van der Waals surface area contributed by atoms with Crippen LogP contribution in [0.2, 0.25) is 0 Å². The first-order valence-electron chi connectivity index (χ1n) is 17.8.